The third-order valence-electron chi connectivity index (χ3n) is 3.99. The van der Waals surface area contributed by atoms with Crippen molar-refractivity contribution < 1.29 is 9.53 Å². The van der Waals surface area contributed by atoms with E-state index in [0.29, 0.717) is 0 Å². The Morgan fingerprint density at radius 3 is 2.10 bits per heavy atom. The summed E-state index contributed by atoms with van der Waals surface area (Å²) in [7, 11) is 0. The maximum absolute atomic E-state index is 12.3. The Morgan fingerprint density at radius 2 is 1.43 bits per heavy atom. The van der Waals surface area contributed by atoms with Gasteiger partial charge in [-0.25, -0.2) is 0 Å². The third kappa shape index (κ3) is 3.52. The molecule has 0 amide bonds. The van der Waals surface area contributed by atoms with Crippen LogP contribution in [-0.2, 0) is 0 Å². The minimum Gasteiger partial charge on any atom is -0.485 e. The number of ether oxygens (including phenoxy) is 1. The minimum absolute atomic E-state index is 0.0221. The van der Waals surface area contributed by atoms with Crippen molar-refractivity contribution in [1.29, 1.82) is 0 Å². The molecule has 0 fully saturated rings. The molecule has 0 heterocycles. The number of hydrogen-bond donors (Lipinski definition) is 0. The first kappa shape index (κ1) is 15.3. The van der Waals surface area contributed by atoms with Crippen LogP contribution in [0.2, 0.25) is 0 Å². The van der Waals surface area contributed by atoms with Crippen LogP contribution in [0.25, 0.3) is 0 Å². The first-order chi connectivity index (χ1) is 9.88. The van der Waals surface area contributed by atoms with Crippen molar-refractivity contribution in [3.8, 4) is 5.75 Å². The SMILES string of the molecule is Cc1ccc(OCC(=O)c2cc(C)c(C)cc2C)cc1C. The fraction of sp³-hybridized carbons (Fsp3) is 0.316. The Bertz CT molecular complexity index is 684. The molecule has 0 bridgehead atoms. The average molecular weight is 282 g/mol. The molecule has 0 aliphatic heterocycles. The summed E-state index contributed by atoms with van der Waals surface area (Å²) < 4.78 is 5.63. The Hall–Kier alpha value is -2.09. The molecule has 0 unspecified atom stereocenters. The summed E-state index contributed by atoms with van der Waals surface area (Å²) in [5.41, 5.74) is 6.49. The summed E-state index contributed by atoms with van der Waals surface area (Å²) in [4.78, 5) is 12.3. The lowest BCUT2D eigenvalue weighted by Crippen LogP contribution is -2.13. The fourth-order valence-corrected chi connectivity index (χ4v) is 2.29. The second-order valence-corrected chi connectivity index (χ2v) is 5.71. The van der Waals surface area contributed by atoms with Crippen LogP contribution in [0.3, 0.4) is 0 Å². The highest BCUT2D eigenvalue weighted by atomic mass is 16.5. The second kappa shape index (κ2) is 6.13. The van der Waals surface area contributed by atoms with Gasteiger partial charge in [-0.1, -0.05) is 12.1 Å². The Labute approximate surface area is 126 Å². The molecule has 0 N–H and O–H groups in total. The highest BCUT2D eigenvalue weighted by molar-refractivity contribution is 5.98. The smallest absolute Gasteiger partial charge is 0.200 e. The zero-order valence-corrected chi connectivity index (χ0v) is 13.4. The van der Waals surface area contributed by atoms with Crippen LogP contribution in [0, 0.1) is 34.6 Å². The van der Waals surface area contributed by atoms with E-state index in [1.807, 2.05) is 45.0 Å². The van der Waals surface area contributed by atoms with Gasteiger partial charge in [-0.05, 0) is 80.6 Å². The number of ketones is 1. The summed E-state index contributed by atoms with van der Waals surface area (Å²) in [5.74, 6) is 0.766. The van der Waals surface area contributed by atoms with Crippen molar-refractivity contribution in [2.45, 2.75) is 34.6 Å². The third-order valence-corrected chi connectivity index (χ3v) is 3.99. The van der Waals surface area contributed by atoms with Crippen LogP contribution in [0.4, 0.5) is 0 Å². The van der Waals surface area contributed by atoms with Crippen molar-refractivity contribution in [3.63, 3.8) is 0 Å². The van der Waals surface area contributed by atoms with Crippen LogP contribution >= 0.6 is 0 Å². The Morgan fingerprint density at radius 1 is 0.810 bits per heavy atom. The second-order valence-electron chi connectivity index (χ2n) is 5.71. The molecule has 2 heteroatoms. The lowest BCUT2D eigenvalue weighted by atomic mass is 9.98. The number of hydrogen-bond acceptors (Lipinski definition) is 2. The van der Waals surface area contributed by atoms with Crippen molar-refractivity contribution in [1.82, 2.24) is 0 Å². The van der Waals surface area contributed by atoms with Gasteiger partial charge < -0.3 is 4.74 Å². The summed E-state index contributed by atoms with van der Waals surface area (Å²) in [5, 5.41) is 0. The van der Waals surface area contributed by atoms with Gasteiger partial charge in [-0.15, -0.1) is 0 Å². The quantitative estimate of drug-likeness (QED) is 0.772. The maximum atomic E-state index is 12.3. The van der Waals surface area contributed by atoms with Crippen LogP contribution in [-0.4, -0.2) is 12.4 Å². The molecule has 21 heavy (non-hydrogen) atoms. The van der Waals surface area contributed by atoms with Gasteiger partial charge in [0.15, 0.2) is 12.4 Å². The zero-order chi connectivity index (χ0) is 15.6. The average Bonchev–Trinajstić information content (AvgIpc) is 2.44. The molecule has 2 rings (SSSR count). The summed E-state index contributed by atoms with van der Waals surface area (Å²) in [6.07, 6.45) is 0. The number of rotatable bonds is 4. The predicted molar refractivity (Wildman–Crippen MR) is 86.4 cm³/mol. The van der Waals surface area contributed by atoms with E-state index in [4.69, 9.17) is 4.74 Å². The van der Waals surface area contributed by atoms with Gasteiger partial charge >= 0.3 is 0 Å². The highest BCUT2D eigenvalue weighted by Crippen LogP contribution is 2.19. The van der Waals surface area contributed by atoms with Gasteiger partial charge in [0.25, 0.3) is 0 Å². The molecule has 0 aliphatic carbocycles. The normalized spacial score (nSPS) is 10.5. The van der Waals surface area contributed by atoms with Crippen LogP contribution in [0.5, 0.6) is 5.75 Å². The molecule has 2 aromatic rings. The van der Waals surface area contributed by atoms with E-state index in [0.717, 1.165) is 22.4 Å². The topological polar surface area (TPSA) is 26.3 Å². The van der Waals surface area contributed by atoms with Gasteiger partial charge in [0.2, 0.25) is 0 Å². The van der Waals surface area contributed by atoms with E-state index in [9.17, 15) is 4.79 Å². The highest BCUT2D eigenvalue weighted by Gasteiger charge is 2.11. The largest absolute Gasteiger partial charge is 0.485 e. The van der Waals surface area contributed by atoms with E-state index >= 15 is 0 Å². The zero-order valence-electron chi connectivity index (χ0n) is 13.4. The molecule has 0 atom stereocenters. The van der Waals surface area contributed by atoms with Crippen molar-refractivity contribution in [2.24, 2.45) is 0 Å². The van der Waals surface area contributed by atoms with Gasteiger partial charge in [0, 0.05) is 5.56 Å². The maximum Gasteiger partial charge on any atom is 0.200 e. The minimum atomic E-state index is 0.0221. The molecule has 2 nitrogen and oxygen atoms in total. The lowest BCUT2D eigenvalue weighted by Gasteiger charge is -2.11. The molecule has 0 aliphatic rings. The standard InChI is InChI=1S/C19H22O2/c1-12-6-7-17(9-14(12)3)21-11-19(20)18-10-15(4)13(2)8-16(18)5/h6-10H,11H2,1-5H3. The van der Waals surface area contributed by atoms with E-state index in [1.165, 1.54) is 16.7 Å². The van der Waals surface area contributed by atoms with E-state index in [-0.39, 0.29) is 12.4 Å². The van der Waals surface area contributed by atoms with Gasteiger partial charge in [-0.2, -0.15) is 0 Å². The van der Waals surface area contributed by atoms with Crippen LogP contribution in [0.15, 0.2) is 30.3 Å². The monoisotopic (exact) mass is 282 g/mol. The molecule has 0 aromatic heterocycles. The van der Waals surface area contributed by atoms with E-state index in [1.54, 1.807) is 0 Å². The molecular weight excluding hydrogens is 260 g/mol. The first-order valence-corrected chi connectivity index (χ1v) is 7.19. The fourth-order valence-electron chi connectivity index (χ4n) is 2.29. The molecule has 110 valence electrons. The molecule has 0 saturated heterocycles. The summed E-state index contributed by atoms with van der Waals surface area (Å²) >= 11 is 0. The number of aryl methyl sites for hydroxylation is 5. The van der Waals surface area contributed by atoms with E-state index < -0.39 is 0 Å². The molecule has 2 aromatic carbocycles. The van der Waals surface area contributed by atoms with Crippen molar-refractivity contribution >= 4 is 5.78 Å². The molecule has 0 radical (unpaired) electrons. The van der Waals surface area contributed by atoms with E-state index in [2.05, 4.69) is 19.9 Å². The van der Waals surface area contributed by atoms with Gasteiger partial charge in [0.05, 0.1) is 0 Å². The van der Waals surface area contributed by atoms with Gasteiger partial charge in [0.1, 0.15) is 5.75 Å². The lowest BCUT2D eigenvalue weighted by molar-refractivity contribution is 0.0920. The van der Waals surface area contributed by atoms with Crippen molar-refractivity contribution in [3.05, 3.63) is 63.7 Å². The van der Waals surface area contributed by atoms with Crippen LogP contribution in [0.1, 0.15) is 38.2 Å². The molecule has 0 spiro atoms. The number of Topliss-reactive ketones (excluding diaryl/α,β-unsaturated/α-hetero) is 1. The molecule has 0 saturated carbocycles. The number of carbonyl (C=O) groups is 1. The first-order valence-electron chi connectivity index (χ1n) is 7.19. The molecular formula is C19H22O2. The van der Waals surface area contributed by atoms with Crippen molar-refractivity contribution in [2.75, 3.05) is 6.61 Å². The predicted octanol–water partition coefficient (Wildman–Crippen LogP) is 4.49. The Balaban J connectivity index is 2.11. The number of carbonyl (C=O) groups excluding carboxylic acids is 1. The summed E-state index contributed by atoms with van der Waals surface area (Å²) in [6, 6.07) is 9.89. The Kier molecular flexibility index (Phi) is 4.46. The summed E-state index contributed by atoms with van der Waals surface area (Å²) in [6.45, 7) is 10.2. The van der Waals surface area contributed by atoms with Gasteiger partial charge in [-0.3, -0.25) is 4.79 Å². The van der Waals surface area contributed by atoms with Crippen LogP contribution < -0.4 is 4.74 Å². The number of benzene rings is 2.